The van der Waals surface area contributed by atoms with Gasteiger partial charge >= 0.3 is 12.4 Å². The second-order valence-corrected chi connectivity index (χ2v) is 9.30. The number of likely N-dealkylation sites (tertiary alicyclic amines) is 1. The molecule has 1 atom stereocenters. The number of rotatable bonds is 5. The molecule has 5 nitrogen and oxygen atoms in total. The van der Waals surface area contributed by atoms with Crippen molar-refractivity contribution in [1.82, 2.24) is 9.62 Å². The van der Waals surface area contributed by atoms with E-state index in [1.807, 2.05) is 4.72 Å². The van der Waals surface area contributed by atoms with Crippen LogP contribution in [0.2, 0.25) is 0 Å². The lowest BCUT2D eigenvalue weighted by Gasteiger charge is -2.34. The lowest BCUT2D eigenvalue weighted by molar-refractivity contribution is -0.143. The first-order valence-electron chi connectivity index (χ1n) is 9.94. The van der Waals surface area contributed by atoms with E-state index in [-0.39, 0.29) is 24.1 Å². The molecule has 12 heteroatoms. The molecule has 0 bridgehead atoms. The molecule has 0 aromatic heterocycles. The van der Waals surface area contributed by atoms with Gasteiger partial charge in [-0.3, -0.25) is 9.69 Å². The standard InChI is InChI=1S/C21H20F6N2O3S/c22-20(23,24)15-11-14(12-16(13-15)21(25,26)27)18(29-9-5-2-6-10-29)19(30)28-33(31,32)17-7-3-1-4-8-17/h1,3-4,7-8,11-13,18H,2,5-6,9-10H2,(H,28,30). The summed E-state index contributed by atoms with van der Waals surface area (Å²) in [6.07, 6.45) is -8.33. The molecule has 1 saturated heterocycles. The van der Waals surface area contributed by atoms with Gasteiger partial charge in [-0.25, -0.2) is 13.1 Å². The number of carbonyl (C=O) groups is 1. The average Bonchev–Trinajstić information content (AvgIpc) is 2.73. The Hall–Kier alpha value is -2.60. The van der Waals surface area contributed by atoms with Crippen LogP contribution in [0.1, 0.15) is 42.0 Å². The van der Waals surface area contributed by atoms with Crippen molar-refractivity contribution in [2.45, 2.75) is 42.6 Å². The van der Waals surface area contributed by atoms with Crippen molar-refractivity contribution in [3.63, 3.8) is 0 Å². The second-order valence-electron chi connectivity index (χ2n) is 7.62. The first kappa shape index (κ1) is 25.0. The van der Waals surface area contributed by atoms with Gasteiger partial charge in [0, 0.05) is 0 Å². The third-order valence-electron chi connectivity index (χ3n) is 5.22. The van der Waals surface area contributed by atoms with E-state index in [9.17, 15) is 39.6 Å². The summed E-state index contributed by atoms with van der Waals surface area (Å²) < 4.78 is 107. The molecule has 1 N–H and O–H groups in total. The molecule has 0 aliphatic carbocycles. The van der Waals surface area contributed by atoms with E-state index >= 15 is 0 Å². The van der Waals surface area contributed by atoms with Crippen LogP contribution in [-0.2, 0) is 27.2 Å². The number of hydrogen-bond donors (Lipinski definition) is 1. The van der Waals surface area contributed by atoms with Crippen molar-refractivity contribution in [2.75, 3.05) is 13.1 Å². The minimum atomic E-state index is -5.10. The van der Waals surface area contributed by atoms with E-state index in [0.717, 1.165) is 6.42 Å². The molecule has 1 aliphatic rings. The zero-order valence-electron chi connectivity index (χ0n) is 17.1. The van der Waals surface area contributed by atoms with Crippen LogP contribution >= 0.6 is 0 Å². The summed E-state index contributed by atoms with van der Waals surface area (Å²) in [5.41, 5.74) is -3.74. The van der Waals surface area contributed by atoms with Gasteiger partial charge < -0.3 is 0 Å². The summed E-state index contributed by atoms with van der Waals surface area (Å²) >= 11 is 0. The fourth-order valence-corrected chi connectivity index (χ4v) is 4.70. The van der Waals surface area contributed by atoms with Crippen molar-refractivity contribution in [1.29, 1.82) is 0 Å². The van der Waals surface area contributed by atoms with Gasteiger partial charge in [0.15, 0.2) is 0 Å². The van der Waals surface area contributed by atoms with Gasteiger partial charge in [0.25, 0.3) is 15.9 Å². The van der Waals surface area contributed by atoms with Gasteiger partial charge in [0.2, 0.25) is 0 Å². The normalized spacial score (nSPS) is 16.9. The third kappa shape index (κ3) is 6.05. The zero-order chi connectivity index (χ0) is 24.4. The summed E-state index contributed by atoms with van der Waals surface area (Å²) in [5.74, 6) is -1.23. The summed E-state index contributed by atoms with van der Waals surface area (Å²) in [6, 6.07) is 6.00. The molecule has 2 aromatic carbocycles. The maximum Gasteiger partial charge on any atom is 0.416 e. The summed E-state index contributed by atoms with van der Waals surface area (Å²) in [7, 11) is -4.40. The minimum Gasteiger partial charge on any atom is -0.288 e. The molecule has 1 unspecified atom stereocenters. The van der Waals surface area contributed by atoms with Crippen molar-refractivity contribution in [3.8, 4) is 0 Å². The van der Waals surface area contributed by atoms with Crippen molar-refractivity contribution < 1.29 is 39.6 Å². The zero-order valence-corrected chi connectivity index (χ0v) is 17.9. The molecule has 3 rings (SSSR count). The Morgan fingerprint density at radius 1 is 0.848 bits per heavy atom. The number of hydrogen-bond acceptors (Lipinski definition) is 4. The highest BCUT2D eigenvalue weighted by atomic mass is 32.2. The first-order valence-corrected chi connectivity index (χ1v) is 11.4. The monoisotopic (exact) mass is 494 g/mol. The lowest BCUT2D eigenvalue weighted by atomic mass is 9.96. The van der Waals surface area contributed by atoms with Crippen molar-refractivity contribution in [2.24, 2.45) is 0 Å². The number of halogens is 6. The van der Waals surface area contributed by atoms with Gasteiger partial charge in [-0.2, -0.15) is 26.3 Å². The number of alkyl halides is 6. The second kappa shape index (κ2) is 9.34. The topological polar surface area (TPSA) is 66.5 Å². The number of piperidine rings is 1. The maximum absolute atomic E-state index is 13.4. The Morgan fingerprint density at radius 3 is 1.85 bits per heavy atom. The minimum absolute atomic E-state index is 0.0324. The van der Waals surface area contributed by atoms with E-state index in [1.165, 1.54) is 29.2 Å². The smallest absolute Gasteiger partial charge is 0.288 e. The molecule has 0 radical (unpaired) electrons. The molecule has 2 aromatic rings. The van der Waals surface area contributed by atoms with Gasteiger partial charge in [-0.15, -0.1) is 0 Å². The molecule has 1 amide bonds. The number of sulfonamides is 1. The summed E-state index contributed by atoms with van der Waals surface area (Å²) in [6.45, 7) is 0.419. The van der Waals surface area contributed by atoms with Gasteiger partial charge in [-0.05, 0) is 61.8 Å². The predicted octanol–water partition coefficient (Wildman–Crippen LogP) is 4.76. The predicted molar refractivity (Wildman–Crippen MR) is 106 cm³/mol. The largest absolute Gasteiger partial charge is 0.416 e. The van der Waals surface area contributed by atoms with Crippen LogP contribution < -0.4 is 4.72 Å². The van der Waals surface area contributed by atoms with Gasteiger partial charge in [-0.1, -0.05) is 24.6 Å². The Labute approximate surface area is 186 Å². The van der Waals surface area contributed by atoms with Crippen LogP contribution in [0.3, 0.4) is 0 Å². The summed E-state index contributed by atoms with van der Waals surface area (Å²) in [4.78, 5) is 14.2. The van der Waals surface area contributed by atoms with Crippen LogP contribution in [0.25, 0.3) is 0 Å². The molecule has 0 spiro atoms. The number of nitrogens with zero attached hydrogens (tertiary/aromatic N) is 1. The Balaban J connectivity index is 2.08. The molecule has 180 valence electrons. The average molecular weight is 494 g/mol. The number of carbonyl (C=O) groups excluding carboxylic acids is 1. The van der Waals surface area contributed by atoms with E-state index in [1.54, 1.807) is 6.07 Å². The molecule has 33 heavy (non-hydrogen) atoms. The number of amides is 1. The molecule has 0 saturated carbocycles. The Bertz CT molecular complexity index is 1060. The molecular weight excluding hydrogens is 474 g/mol. The lowest BCUT2D eigenvalue weighted by Crippen LogP contribution is -2.44. The quantitative estimate of drug-likeness (QED) is 0.609. The van der Waals surface area contributed by atoms with Crippen LogP contribution in [0.4, 0.5) is 26.3 Å². The summed E-state index contributed by atoms with van der Waals surface area (Å²) in [5, 5.41) is 0. The van der Waals surface area contributed by atoms with E-state index in [2.05, 4.69) is 0 Å². The fourth-order valence-electron chi connectivity index (χ4n) is 3.69. The van der Waals surface area contributed by atoms with Gasteiger partial charge in [0.1, 0.15) is 6.04 Å². The van der Waals surface area contributed by atoms with E-state index < -0.39 is 51.0 Å². The van der Waals surface area contributed by atoms with Crippen LogP contribution in [0, 0.1) is 0 Å². The van der Waals surface area contributed by atoms with E-state index in [4.69, 9.17) is 0 Å². The van der Waals surface area contributed by atoms with Crippen LogP contribution in [0.15, 0.2) is 53.4 Å². The Kier molecular flexibility index (Phi) is 7.08. The maximum atomic E-state index is 13.4. The van der Waals surface area contributed by atoms with Crippen LogP contribution in [-0.4, -0.2) is 32.3 Å². The third-order valence-corrected chi connectivity index (χ3v) is 6.58. The highest BCUT2D eigenvalue weighted by Gasteiger charge is 2.40. The SMILES string of the molecule is O=C(NS(=O)(=O)c1ccccc1)C(c1cc(C(F)(F)F)cc(C(F)(F)F)c1)N1CCCCC1. The molecule has 1 aliphatic heterocycles. The molecule has 1 heterocycles. The van der Waals surface area contributed by atoms with Crippen LogP contribution in [0.5, 0.6) is 0 Å². The molecular formula is C21H20F6N2O3S. The van der Waals surface area contributed by atoms with E-state index in [0.29, 0.717) is 25.0 Å². The Morgan fingerprint density at radius 2 is 1.36 bits per heavy atom. The van der Waals surface area contributed by atoms with Gasteiger partial charge in [0.05, 0.1) is 16.0 Å². The number of nitrogens with one attached hydrogen (secondary N) is 1. The van der Waals surface area contributed by atoms with Crippen molar-refractivity contribution >= 4 is 15.9 Å². The highest BCUT2D eigenvalue weighted by Crippen LogP contribution is 2.39. The number of benzene rings is 2. The van der Waals surface area contributed by atoms with Crippen molar-refractivity contribution in [3.05, 3.63) is 65.2 Å². The highest BCUT2D eigenvalue weighted by molar-refractivity contribution is 7.90. The molecule has 1 fully saturated rings. The fraction of sp³-hybridized carbons (Fsp3) is 0.381. The first-order chi connectivity index (χ1) is 15.3.